The lowest BCUT2D eigenvalue weighted by atomic mass is 9.54. The molecule has 2 aromatic rings. The van der Waals surface area contributed by atoms with Crippen LogP contribution in [0.2, 0.25) is 0 Å². The molecular weight excluding hydrogens is 352 g/mol. The third-order valence-corrected chi connectivity index (χ3v) is 6.91. The molecule has 0 spiro atoms. The maximum Gasteiger partial charge on any atom is 0.152 e. The van der Waals surface area contributed by atoms with Crippen LogP contribution in [0.1, 0.15) is 32.1 Å². The van der Waals surface area contributed by atoms with Gasteiger partial charge in [-0.3, -0.25) is 5.17 Å². The number of nitrogen functional groups attached to an aromatic ring is 2. The molecular formula is C22H28N4O2. The number of hydrogen-bond donors (Lipinski definition) is 4. The van der Waals surface area contributed by atoms with Gasteiger partial charge in [-0.15, -0.1) is 0 Å². The average Bonchev–Trinajstić information content (AvgIpc) is 2.67. The van der Waals surface area contributed by atoms with Gasteiger partial charge < -0.3 is 21.4 Å². The van der Waals surface area contributed by atoms with Crippen molar-refractivity contribution >= 4 is 17.1 Å². The first kappa shape index (κ1) is 17.8. The highest BCUT2D eigenvalue weighted by atomic mass is 16.5. The molecule has 148 valence electrons. The van der Waals surface area contributed by atoms with Gasteiger partial charge in [0.2, 0.25) is 0 Å². The van der Waals surface area contributed by atoms with Crippen molar-refractivity contribution in [3.8, 4) is 11.5 Å². The Hall–Kier alpha value is -2.28. The monoisotopic (exact) mass is 380 g/mol. The molecule has 4 saturated carbocycles. The van der Waals surface area contributed by atoms with Crippen LogP contribution in [0.3, 0.4) is 0 Å². The van der Waals surface area contributed by atoms with E-state index in [0.29, 0.717) is 46.4 Å². The van der Waals surface area contributed by atoms with E-state index < -0.39 is 0 Å². The summed E-state index contributed by atoms with van der Waals surface area (Å²) in [5.74, 6) is 4.32. The molecule has 1 unspecified atom stereocenters. The van der Waals surface area contributed by atoms with Crippen molar-refractivity contribution < 1.29 is 9.91 Å². The maximum atomic E-state index is 12.8. The topological polar surface area (TPSA) is 101 Å². The average molecular weight is 380 g/mol. The molecule has 2 aromatic carbocycles. The second-order valence-electron chi connectivity index (χ2n) is 8.85. The zero-order valence-corrected chi connectivity index (χ0v) is 15.9. The van der Waals surface area contributed by atoms with Crippen LogP contribution in [0.4, 0.5) is 17.1 Å². The second-order valence-corrected chi connectivity index (χ2v) is 8.85. The minimum absolute atomic E-state index is 0.0208. The molecule has 6 N–H and O–H groups in total. The smallest absolute Gasteiger partial charge is 0.152 e. The number of ether oxygens (including phenoxy) is 1. The normalized spacial score (nSPS) is 31.7. The standard InChI is InChI=1S/C22H28N4O2/c23-17-1-6-20(24)21(12-17)28-19-4-2-18(3-5-19)26(27)25-22-15-8-13-7-14(10-15)11-16(22)9-13/h1-6,12-16,22,25-26H,7-11,23-24H2. The van der Waals surface area contributed by atoms with Crippen molar-refractivity contribution in [3.63, 3.8) is 0 Å². The second kappa shape index (κ2) is 6.95. The molecule has 28 heavy (non-hydrogen) atoms. The lowest BCUT2D eigenvalue weighted by Gasteiger charge is -2.54. The summed E-state index contributed by atoms with van der Waals surface area (Å²) in [4.78, 5) is 0. The molecule has 4 aliphatic carbocycles. The van der Waals surface area contributed by atoms with Gasteiger partial charge in [0.1, 0.15) is 5.75 Å². The van der Waals surface area contributed by atoms with Crippen LogP contribution in [0.15, 0.2) is 42.5 Å². The van der Waals surface area contributed by atoms with Crippen LogP contribution in [-0.4, -0.2) is 6.04 Å². The van der Waals surface area contributed by atoms with Crippen molar-refractivity contribution in [3.05, 3.63) is 47.7 Å². The number of quaternary nitrogens is 1. The van der Waals surface area contributed by atoms with Crippen LogP contribution in [0, 0.1) is 28.9 Å². The molecule has 0 saturated heterocycles. The minimum Gasteiger partial charge on any atom is -0.608 e. The predicted molar refractivity (Wildman–Crippen MR) is 110 cm³/mol. The van der Waals surface area contributed by atoms with Gasteiger partial charge in [-0.1, -0.05) is 0 Å². The Morgan fingerprint density at radius 1 is 0.893 bits per heavy atom. The summed E-state index contributed by atoms with van der Waals surface area (Å²) in [7, 11) is 0. The molecule has 6 rings (SSSR count). The number of nitrogens with one attached hydrogen (secondary N) is 2. The first-order valence-electron chi connectivity index (χ1n) is 10.3. The van der Waals surface area contributed by atoms with Crippen LogP contribution >= 0.6 is 0 Å². The predicted octanol–water partition coefficient (Wildman–Crippen LogP) is 2.99. The highest BCUT2D eigenvalue weighted by Gasteiger charge is 2.49. The molecule has 4 bridgehead atoms. The molecule has 4 aliphatic rings. The summed E-state index contributed by atoms with van der Waals surface area (Å²) in [5.41, 5.74) is 16.9. The van der Waals surface area contributed by atoms with Crippen LogP contribution < -0.4 is 26.8 Å². The Kier molecular flexibility index (Phi) is 4.42. The van der Waals surface area contributed by atoms with E-state index in [-0.39, 0.29) is 5.17 Å². The number of benzene rings is 2. The zero-order chi connectivity index (χ0) is 19.3. The van der Waals surface area contributed by atoms with Crippen molar-refractivity contribution in [1.82, 2.24) is 5.43 Å². The van der Waals surface area contributed by atoms with Gasteiger partial charge in [-0.25, -0.2) is 0 Å². The van der Waals surface area contributed by atoms with Gasteiger partial charge in [0.15, 0.2) is 11.4 Å². The van der Waals surface area contributed by atoms with Crippen molar-refractivity contribution in [2.75, 3.05) is 11.5 Å². The van der Waals surface area contributed by atoms with Gasteiger partial charge in [0.05, 0.1) is 11.7 Å². The highest BCUT2D eigenvalue weighted by molar-refractivity contribution is 5.60. The lowest BCUT2D eigenvalue weighted by Crippen LogP contribution is -3.11. The first-order valence-corrected chi connectivity index (χ1v) is 10.3. The van der Waals surface area contributed by atoms with Gasteiger partial charge in [-0.05, 0) is 80.0 Å². The van der Waals surface area contributed by atoms with Crippen LogP contribution in [0.5, 0.6) is 11.5 Å². The summed E-state index contributed by atoms with van der Waals surface area (Å²) >= 11 is 0. The molecule has 0 radical (unpaired) electrons. The van der Waals surface area contributed by atoms with Gasteiger partial charge in [-0.2, -0.15) is 5.43 Å². The van der Waals surface area contributed by atoms with Crippen molar-refractivity contribution in [2.24, 2.45) is 23.7 Å². The van der Waals surface area contributed by atoms with Crippen molar-refractivity contribution in [1.29, 1.82) is 0 Å². The number of hydrogen-bond acceptors (Lipinski definition) is 5. The molecule has 0 amide bonds. The number of nitrogens with two attached hydrogens (primary N) is 2. The van der Waals surface area contributed by atoms with E-state index in [4.69, 9.17) is 16.2 Å². The fourth-order valence-electron chi connectivity index (χ4n) is 5.84. The molecule has 0 aromatic heterocycles. The largest absolute Gasteiger partial charge is 0.608 e. The van der Waals surface area contributed by atoms with Crippen molar-refractivity contribution in [2.45, 2.75) is 38.1 Å². The van der Waals surface area contributed by atoms with E-state index in [9.17, 15) is 5.21 Å². The first-order chi connectivity index (χ1) is 13.5. The third-order valence-electron chi connectivity index (χ3n) is 6.91. The van der Waals surface area contributed by atoms with E-state index in [1.54, 1.807) is 30.3 Å². The Morgan fingerprint density at radius 3 is 2.18 bits per heavy atom. The Bertz CT molecular complexity index is 826. The van der Waals surface area contributed by atoms with Crippen LogP contribution in [0.25, 0.3) is 0 Å². The highest BCUT2D eigenvalue weighted by Crippen LogP contribution is 2.53. The Morgan fingerprint density at radius 2 is 1.54 bits per heavy atom. The summed E-state index contributed by atoms with van der Waals surface area (Å²) in [6, 6.07) is 12.7. The molecule has 6 heteroatoms. The van der Waals surface area contributed by atoms with E-state index in [1.807, 2.05) is 12.1 Å². The summed E-state index contributed by atoms with van der Waals surface area (Å²) in [6.45, 7) is 0. The maximum absolute atomic E-state index is 12.8. The quantitative estimate of drug-likeness (QED) is 0.472. The fraction of sp³-hybridized carbons (Fsp3) is 0.455. The van der Waals surface area contributed by atoms with Gasteiger partial charge in [0, 0.05) is 23.9 Å². The van der Waals surface area contributed by atoms with E-state index >= 15 is 0 Å². The SMILES string of the molecule is Nc1ccc(N)c(Oc2ccc([NH+]([O-])NC3C4CC5CC(C4)CC3C5)cc2)c1. The molecule has 4 fully saturated rings. The van der Waals surface area contributed by atoms with Gasteiger partial charge in [0.25, 0.3) is 0 Å². The summed E-state index contributed by atoms with van der Waals surface area (Å²) in [6.07, 6.45) is 6.62. The molecule has 0 aliphatic heterocycles. The number of rotatable bonds is 5. The summed E-state index contributed by atoms with van der Waals surface area (Å²) in [5, 5.41) is 12.8. The van der Waals surface area contributed by atoms with E-state index in [0.717, 1.165) is 11.8 Å². The number of anilines is 2. The summed E-state index contributed by atoms with van der Waals surface area (Å²) < 4.78 is 5.82. The zero-order valence-electron chi connectivity index (χ0n) is 15.9. The fourth-order valence-corrected chi connectivity index (χ4v) is 5.84. The molecule has 1 atom stereocenters. The Labute approximate surface area is 165 Å². The van der Waals surface area contributed by atoms with E-state index in [2.05, 4.69) is 5.43 Å². The third kappa shape index (κ3) is 3.32. The lowest BCUT2D eigenvalue weighted by molar-refractivity contribution is -0.834. The molecule has 6 nitrogen and oxygen atoms in total. The van der Waals surface area contributed by atoms with Gasteiger partial charge >= 0.3 is 0 Å². The minimum atomic E-state index is 0.0208. The van der Waals surface area contributed by atoms with E-state index in [1.165, 1.54) is 32.1 Å². The Balaban J connectivity index is 1.25. The van der Waals surface area contributed by atoms with Crippen LogP contribution in [-0.2, 0) is 0 Å². The molecule has 0 heterocycles.